The third kappa shape index (κ3) is 4.39. The van der Waals surface area contributed by atoms with E-state index in [1.165, 1.54) is 6.20 Å². The van der Waals surface area contributed by atoms with E-state index in [9.17, 15) is 10.1 Å². The van der Waals surface area contributed by atoms with E-state index in [-0.39, 0.29) is 10.2 Å². The predicted octanol–water partition coefficient (Wildman–Crippen LogP) is 4.68. The lowest BCUT2D eigenvalue weighted by molar-refractivity contribution is -0.380. The van der Waals surface area contributed by atoms with E-state index >= 15 is 0 Å². The SMILES string of the molecule is C/C(=N\Nc1ccccc1)c1ccc(Oc2ncc([N+](=O)[O-])s2)cc1. The van der Waals surface area contributed by atoms with Crippen LogP contribution in [0.4, 0.5) is 10.7 Å². The first-order valence-electron chi connectivity index (χ1n) is 7.35. The minimum atomic E-state index is -0.493. The van der Waals surface area contributed by atoms with E-state index in [2.05, 4.69) is 15.5 Å². The molecule has 126 valence electrons. The molecule has 2 aromatic carbocycles. The molecule has 3 rings (SSSR count). The van der Waals surface area contributed by atoms with Crippen molar-refractivity contribution in [3.05, 3.63) is 76.5 Å². The number of benzene rings is 2. The van der Waals surface area contributed by atoms with E-state index in [0.29, 0.717) is 5.75 Å². The number of nitrogens with one attached hydrogen (secondary N) is 1. The molecule has 0 unspecified atom stereocenters. The minimum Gasteiger partial charge on any atom is -0.431 e. The van der Waals surface area contributed by atoms with Crippen molar-refractivity contribution >= 4 is 27.7 Å². The van der Waals surface area contributed by atoms with Gasteiger partial charge in [0, 0.05) is 0 Å². The Morgan fingerprint density at radius 1 is 1.20 bits per heavy atom. The van der Waals surface area contributed by atoms with Crippen molar-refractivity contribution < 1.29 is 9.66 Å². The summed E-state index contributed by atoms with van der Waals surface area (Å²) in [6.45, 7) is 1.90. The summed E-state index contributed by atoms with van der Waals surface area (Å²) in [6, 6.07) is 16.9. The standard InChI is InChI=1S/C17H14N4O3S/c1-12(19-20-14-5-3-2-4-6-14)13-7-9-15(10-8-13)24-17-18-11-16(25-17)21(22)23/h2-11,20H,1H3/b19-12+. The highest BCUT2D eigenvalue weighted by Gasteiger charge is 2.13. The Kier molecular flexibility index (Phi) is 5.00. The largest absolute Gasteiger partial charge is 0.431 e. The van der Waals surface area contributed by atoms with Gasteiger partial charge in [-0.3, -0.25) is 15.5 Å². The summed E-state index contributed by atoms with van der Waals surface area (Å²) in [5.41, 5.74) is 5.66. The minimum absolute atomic E-state index is 0.0541. The molecule has 8 heteroatoms. The van der Waals surface area contributed by atoms with Gasteiger partial charge in [0.2, 0.25) is 0 Å². The van der Waals surface area contributed by atoms with Crippen LogP contribution in [0.15, 0.2) is 65.9 Å². The second-order valence-corrected chi connectivity index (χ2v) is 5.99. The lowest BCUT2D eigenvalue weighted by atomic mass is 10.1. The molecule has 0 saturated heterocycles. The van der Waals surface area contributed by atoms with Crippen LogP contribution in [0.1, 0.15) is 12.5 Å². The number of aromatic nitrogens is 1. The molecule has 7 nitrogen and oxygen atoms in total. The quantitative estimate of drug-likeness (QED) is 0.394. The molecule has 1 heterocycles. The Hall–Kier alpha value is -3.26. The summed E-state index contributed by atoms with van der Waals surface area (Å²) in [7, 11) is 0. The van der Waals surface area contributed by atoms with Crippen molar-refractivity contribution in [1.29, 1.82) is 0 Å². The van der Waals surface area contributed by atoms with E-state index < -0.39 is 4.92 Å². The van der Waals surface area contributed by atoms with Gasteiger partial charge in [-0.15, -0.1) is 0 Å². The number of thiazole rings is 1. The van der Waals surface area contributed by atoms with E-state index in [4.69, 9.17) is 4.74 Å². The first kappa shape index (κ1) is 16.6. The van der Waals surface area contributed by atoms with Crippen molar-refractivity contribution in [2.75, 3.05) is 5.43 Å². The van der Waals surface area contributed by atoms with Crippen LogP contribution in [0, 0.1) is 10.1 Å². The van der Waals surface area contributed by atoms with Crippen LogP contribution >= 0.6 is 11.3 Å². The number of anilines is 1. The summed E-state index contributed by atoms with van der Waals surface area (Å²) in [5.74, 6) is 0.553. The van der Waals surface area contributed by atoms with Crippen LogP contribution < -0.4 is 10.2 Å². The van der Waals surface area contributed by atoms with Gasteiger partial charge in [0.15, 0.2) is 0 Å². The maximum absolute atomic E-state index is 10.7. The third-order valence-corrected chi connectivity index (χ3v) is 4.08. The highest BCUT2D eigenvalue weighted by Crippen LogP contribution is 2.30. The van der Waals surface area contributed by atoms with Gasteiger partial charge in [-0.05, 0) is 60.2 Å². The van der Waals surface area contributed by atoms with Gasteiger partial charge in [0.1, 0.15) is 11.9 Å². The number of hydrogen-bond donors (Lipinski definition) is 1. The van der Waals surface area contributed by atoms with E-state index in [1.54, 1.807) is 12.1 Å². The number of rotatable bonds is 6. The molecule has 0 aliphatic heterocycles. The zero-order valence-corrected chi connectivity index (χ0v) is 14.1. The Bertz CT molecular complexity index is 892. The number of para-hydroxylation sites is 1. The smallest absolute Gasteiger partial charge is 0.347 e. The average Bonchev–Trinajstić information content (AvgIpc) is 3.10. The molecule has 0 amide bonds. The molecular formula is C17H14N4O3S. The van der Waals surface area contributed by atoms with E-state index in [0.717, 1.165) is 28.3 Å². The number of hydrogen-bond acceptors (Lipinski definition) is 7. The molecule has 25 heavy (non-hydrogen) atoms. The fourth-order valence-electron chi connectivity index (χ4n) is 1.97. The van der Waals surface area contributed by atoms with Gasteiger partial charge in [0.05, 0.1) is 16.3 Å². The lowest BCUT2D eigenvalue weighted by Crippen LogP contribution is -1.99. The van der Waals surface area contributed by atoms with Crippen molar-refractivity contribution in [3.8, 4) is 10.9 Å². The number of hydrazone groups is 1. The van der Waals surface area contributed by atoms with Crippen molar-refractivity contribution in [1.82, 2.24) is 4.98 Å². The van der Waals surface area contributed by atoms with Gasteiger partial charge in [-0.1, -0.05) is 18.2 Å². The first-order valence-corrected chi connectivity index (χ1v) is 8.17. The Balaban J connectivity index is 1.65. The molecule has 1 N–H and O–H groups in total. The topological polar surface area (TPSA) is 89.7 Å². The molecule has 0 saturated carbocycles. The van der Waals surface area contributed by atoms with Crippen LogP contribution in [-0.4, -0.2) is 15.6 Å². The molecule has 0 radical (unpaired) electrons. The van der Waals surface area contributed by atoms with Gasteiger partial charge >= 0.3 is 5.00 Å². The average molecular weight is 354 g/mol. The van der Waals surface area contributed by atoms with Gasteiger partial charge < -0.3 is 4.74 Å². The van der Waals surface area contributed by atoms with Gasteiger partial charge in [0.25, 0.3) is 5.19 Å². The van der Waals surface area contributed by atoms with Gasteiger partial charge in [-0.25, -0.2) is 4.98 Å². The predicted molar refractivity (Wildman–Crippen MR) is 97.6 cm³/mol. The molecule has 3 aromatic rings. The number of nitrogens with zero attached hydrogens (tertiary/aromatic N) is 3. The summed E-state index contributed by atoms with van der Waals surface area (Å²) < 4.78 is 5.52. The summed E-state index contributed by atoms with van der Waals surface area (Å²) >= 11 is 0.886. The first-order chi connectivity index (χ1) is 12.1. The van der Waals surface area contributed by atoms with Crippen LogP contribution in [0.3, 0.4) is 0 Å². The highest BCUT2D eigenvalue weighted by atomic mass is 32.1. The maximum atomic E-state index is 10.7. The van der Waals surface area contributed by atoms with Crippen LogP contribution in [0.25, 0.3) is 0 Å². The van der Waals surface area contributed by atoms with Crippen molar-refractivity contribution in [2.24, 2.45) is 5.10 Å². The summed E-state index contributed by atoms with van der Waals surface area (Å²) in [4.78, 5) is 14.0. The molecule has 0 aliphatic carbocycles. The Labute approximate surface area is 147 Å². The molecule has 0 bridgehead atoms. The van der Waals surface area contributed by atoms with Crippen LogP contribution in [0.5, 0.6) is 10.9 Å². The summed E-state index contributed by atoms with van der Waals surface area (Å²) in [6.07, 6.45) is 1.18. The monoisotopic (exact) mass is 354 g/mol. The zero-order valence-electron chi connectivity index (χ0n) is 13.2. The van der Waals surface area contributed by atoms with Crippen LogP contribution in [-0.2, 0) is 0 Å². The molecule has 0 atom stereocenters. The fourth-order valence-corrected chi connectivity index (χ4v) is 2.57. The van der Waals surface area contributed by atoms with E-state index in [1.807, 2.05) is 49.4 Å². The second-order valence-electron chi connectivity index (χ2n) is 5.02. The zero-order chi connectivity index (χ0) is 17.6. The normalized spacial score (nSPS) is 11.2. The fraction of sp³-hybridized carbons (Fsp3) is 0.0588. The van der Waals surface area contributed by atoms with Gasteiger partial charge in [-0.2, -0.15) is 5.10 Å². The molecule has 0 spiro atoms. The molecule has 0 fully saturated rings. The maximum Gasteiger partial charge on any atom is 0.347 e. The van der Waals surface area contributed by atoms with Crippen molar-refractivity contribution in [2.45, 2.75) is 6.92 Å². The number of nitro groups is 1. The van der Waals surface area contributed by atoms with Crippen molar-refractivity contribution in [3.63, 3.8) is 0 Å². The number of ether oxygens (including phenoxy) is 1. The highest BCUT2D eigenvalue weighted by molar-refractivity contribution is 7.16. The third-order valence-electron chi connectivity index (χ3n) is 3.26. The molecule has 1 aromatic heterocycles. The Morgan fingerprint density at radius 3 is 2.56 bits per heavy atom. The lowest BCUT2D eigenvalue weighted by Gasteiger charge is -2.05. The molecular weight excluding hydrogens is 340 g/mol. The summed E-state index contributed by atoms with van der Waals surface area (Å²) in [5, 5.41) is 15.2. The molecule has 0 aliphatic rings. The van der Waals surface area contributed by atoms with Crippen LogP contribution in [0.2, 0.25) is 0 Å². The second kappa shape index (κ2) is 7.54. The Morgan fingerprint density at radius 2 is 1.92 bits per heavy atom.